The maximum absolute atomic E-state index is 11.7. The van der Waals surface area contributed by atoms with Crippen LogP contribution in [0.2, 0.25) is 0 Å². The second kappa shape index (κ2) is 3.90. The van der Waals surface area contributed by atoms with Crippen molar-refractivity contribution in [1.29, 1.82) is 0 Å². The number of hydrogen-bond donors (Lipinski definition) is 0. The number of rotatable bonds is 3. The SMILES string of the molecule is O=S1(=O)C=CC(OCCC(F)(F)F)C1. The average molecular weight is 230 g/mol. The van der Waals surface area contributed by atoms with Crippen molar-refractivity contribution in [3.05, 3.63) is 11.5 Å². The van der Waals surface area contributed by atoms with E-state index in [2.05, 4.69) is 0 Å². The Bertz CT molecular complexity index is 318. The molecule has 0 bridgehead atoms. The molecule has 0 aromatic carbocycles. The standard InChI is InChI=1S/C7H9F3O3S/c8-7(9,10)2-3-13-6-1-4-14(11,12)5-6/h1,4,6H,2-3,5H2. The van der Waals surface area contributed by atoms with Gasteiger partial charge < -0.3 is 4.74 Å². The highest BCUT2D eigenvalue weighted by Crippen LogP contribution is 2.20. The third-order valence-electron chi connectivity index (χ3n) is 1.61. The zero-order chi connectivity index (χ0) is 10.8. The lowest BCUT2D eigenvalue weighted by atomic mass is 10.4. The normalized spacial score (nSPS) is 25.5. The van der Waals surface area contributed by atoms with Crippen molar-refractivity contribution in [2.45, 2.75) is 18.7 Å². The molecule has 1 aliphatic rings. The Hall–Kier alpha value is -0.560. The van der Waals surface area contributed by atoms with E-state index in [1.807, 2.05) is 0 Å². The lowest BCUT2D eigenvalue weighted by molar-refractivity contribution is -0.146. The smallest absolute Gasteiger partial charge is 0.373 e. The van der Waals surface area contributed by atoms with Gasteiger partial charge in [-0.25, -0.2) is 8.42 Å². The number of sulfone groups is 1. The second-order valence-corrected chi connectivity index (χ2v) is 4.86. The van der Waals surface area contributed by atoms with E-state index in [-0.39, 0.29) is 5.75 Å². The predicted octanol–water partition coefficient (Wildman–Crippen LogP) is 1.27. The van der Waals surface area contributed by atoms with Crippen LogP contribution in [-0.2, 0) is 14.6 Å². The third-order valence-corrected chi connectivity index (χ3v) is 2.98. The van der Waals surface area contributed by atoms with Crippen LogP contribution in [0.5, 0.6) is 0 Å². The fourth-order valence-corrected chi connectivity index (χ4v) is 2.17. The summed E-state index contributed by atoms with van der Waals surface area (Å²) in [6, 6.07) is 0. The zero-order valence-electron chi connectivity index (χ0n) is 7.12. The minimum absolute atomic E-state index is 0.259. The molecule has 0 aliphatic carbocycles. The largest absolute Gasteiger partial charge is 0.391 e. The van der Waals surface area contributed by atoms with Gasteiger partial charge in [-0.15, -0.1) is 0 Å². The number of ether oxygens (including phenoxy) is 1. The first-order valence-corrected chi connectivity index (χ1v) is 5.59. The molecular weight excluding hydrogens is 221 g/mol. The van der Waals surface area contributed by atoms with Crippen LogP contribution in [-0.4, -0.2) is 33.1 Å². The first kappa shape index (κ1) is 11.5. The van der Waals surface area contributed by atoms with Gasteiger partial charge in [0.15, 0.2) is 9.84 Å². The van der Waals surface area contributed by atoms with Crippen LogP contribution >= 0.6 is 0 Å². The Morgan fingerprint density at radius 2 is 2.07 bits per heavy atom. The summed E-state index contributed by atoms with van der Waals surface area (Å²) in [5.74, 6) is -0.259. The number of halogens is 3. The van der Waals surface area contributed by atoms with Crippen LogP contribution in [0.1, 0.15) is 6.42 Å². The lowest BCUT2D eigenvalue weighted by Gasteiger charge is -2.10. The molecule has 0 saturated carbocycles. The summed E-state index contributed by atoms with van der Waals surface area (Å²) in [5, 5.41) is 0.964. The van der Waals surface area contributed by atoms with Gasteiger partial charge in [-0.2, -0.15) is 13.2 Å². The van der Waals surface area contributed by atoms with E-state index in [0.29, 0.717) is 0 Å². The Morgan fingerprint density at radius 1 is 1.43 bits per heavy atom. The fraction of sp³-hybridized carbons (Fsp3) is 0.714. The van der Waals surface area contributed by atoms with Crippen molar-refractivity contribution in [3.8, 4) is 0 Å². The molecule has 1 atom stereocenters. The van der Waals surface area contributed by atoms with Crippen molar-refractivity contribution < 1.29 is 26.3 Å². The molecule has 1 aliphatic heterocycles. The van der Waals surface area contributed by atoms with E-state index >= 15 is 0 Å². The van der Waals surface area contributed by atoms with Gasteiger partial charge >= 0.3 is 6.18 Å². The Kier molecular flexibility index (Phi) is 3.20. The van der Waals surface area contributed by atoms with Crippen LogP contribution < -0.4 is 0 Å². The molecule has 0 fully saturated rings. The summed E-state index contributed by atoms with van der Waals surface area (Å²) in [4.78, 5) is 0. The topological polar surface area (TPSA) is 43.4 Å². The molecule has 14 heavy (non-hydrogen) atoms. The summed E-state index contributed by atoms with van der Waals surface area (Å²) in [6.07, 6.45) is -4.80. The van der Waals surface area contributed by atoms with E-state index in [1.165, 1.54) is 6.08 Å². The van der Waals surface area contributed by atoms with Gasteiger partial charge in [-0.1, -0.05) is 0 Å². The molecule has 0 aromatic rings. The molecule has 0 radical (unpaired) electrons. The summed E-state index contributed by atoms with van der Waals surface area (Å²) >= 11 is 0. The number of alkyl halides is 3. The highest BCUT2D eigenvalue weighted by Gasteiger charge is 2.28. The molecule has 1 unspecified atom stereocenters. The monoisotopic (exact) mass is 230 g/mol. The van der Waals surface area contributed by atoms with Crippen LogP contribution in [0.25, 0.3) is 0 Å². The highest BCUT2D eigenvalue weighted by molar-refractivity contribution is 7.94. The van der Waals surface area contributed by atoms with Crippen LogP contribution in [0.3, 0.4) is 0 Å². The van der Waals surface area contributed by atoms with Crippen LogP contribution in [0.15, 0.2) is 11.5 Å². The lowest BCUT2D eigenvalue weighted by Crippen LogP contribution is -2.19. The molecule has 0 amide bonds. The third kappa shape index (κ3) is 4.10. The van der Waals surface area contributed by atoms with Gasteiger partial charge in [0.25, 0.3) is 0 Å². The quantitative estimate of drug-likeness (QED) is 0.733. The number of hydrogen-bond acceptors (Lipinski definition) is 3. The molecule has 0 N–H and O–H groups in total. The molecule has 1 rings (SSSR count). The maximum Gasteiger partial charge on any atom is 0.391 e. The van der Waals surface area contributed by atoms with Crippen molar-refractivity contribution in [3.63, 3.8) is 0 Å². The fourth-order valence-electron chi connectivity index (χ4n) is 0.977. The molecule has 0 spiro atoms. The van der Waals surface area contributed by atoms with Gasteiger partial charge in [0, 0.05) is 5.41 Å². The van der Waals surface area contributed by atoms with Crippen molar-refractivity contribution in [2.24, 2.45) is 0 Å². The molecule has 3 nitrogen and oxygen atoms in total. The summed E-state index contributed by atoms with van der Waals surface area (Å²) in [5.41, 5.74) is 0. The maximum atomic E-state index is 11.7. The molecule has 0 saturated heterocycles. The first-order chi connectivity index (χ1) is 6.29. The van der Waals surface area contributed by atoms with Gasteiger partial charge in [0.1, 0.15) is 0 Å². The van der Waals surface area contributed by atoms with Crippen molar-refractivity contribution >= 4 is 9.84 Å². The average Bonchev–Trinajstić information content (AvgIpc) is 2.27. The van der Waals surface area contributed by atoms with E-state index in [9.17, 15) is 21.6 Å². The van der Waals surface area contributed by atoms with Crippen LogP contribution in [0.4, 0.5) is 13.2 Å². The van der Waals surface area contributed by atoms with E-state index in [0.717, 1.165) is 5.41 Å². The summed E-state index contributed by atoms with van der Waals surface area (Å²) in [7, 11) is -3.25. The molecule has 82 valence electrons. The molecular formula is C7H9F3O3S. The Labute approximate surface area is 79.5 Å². The Balaban J connectivity index is 2.26. The van der Waals surface area contributed by atoms with Gasteiger partial charge in [0.05, 0.1) is 24.9 Å². The van der Waals surface area contributed by atoms with E-state index in [1.54, 1.807) is 0 Å². The molecule has 7 heteroatoms. The summed E-state index contributed by atoms with van der Waals surface area (Å²) in [6.45, 7) is -0.506. The minimum Gasteiger partial charge on any atom is -0.373 e. The van der Waals surface area contributed by atoms with E-state index in [4.69, 9.17) is 4.74 Å². The zero-order valence-corrected chi connectivity index (χ0v) is 7.94. The van der Waals surface area contributed by atoms with Gasteiger partial charge in [-0.3, -0.25) is 0 Å². The van der Waals surface area contributed by atoms with Gasteiger partial charge in [-0.05, 0) is 6.08 Å². The highest BCUT2D eigenvalue weighted by atomic mass is 32.2. The molecule has 0 aromatic heterocycles. The van der Waals surface area contributed by atoms with E-state index < -0.39 is 35.1 Å². The predicted molar refractivity (Wildman–Crippen MR) is 43.3 cm³/mol. The first-order valence-electron chi connectivity index (χ1n) is 3.88. The molecule has 1 heterocycles. The van der Waals surface area contributed by atoms with Gasteiger partial charge in [0.2, 0.25) is 0 Å². The second-order valence-electron chi connectivity index (χ2n) is 2.93. The van der Waals surface area contributed by atoms with Crippen molar-refractivity contribution in [2.75, 3.05) is 12.4 Å². The van der Waals surface area contributed by atoms with Crippen molar-refractivity contribution in [1.82, 2.24) is 0 Å². The van der Waals surface area contributed by atoms with Crippen LogP contribution in [0, 0.1) is 0 Å². The minimum atomic E-state index is -4.26. The summed E-state index contributed by atoms with van der Waals surface area (Å²) < 4.78 is 61.3. The Morgan fingerprint density at radius 3 is 2.50 bits per heavy atom.